The lowest BCUT2D eigenvalue weighted by Crippen LogP contribution is -2.31. The summed E-state index contributed by atoms with van der Waals surface area (Å²) < 4.78 is 16.1. The first kappa shape index (κ1) is 24.3. The number of hydrogen-bond donors (Lipinski definition) is 1. The van der Waals surface area contributed by atoms with Crippen LogP contribution in [0.25, 0.3) is 22.6 Å². The average Bonchev–Trinajstić information content (AvgIpc) is 3.83. The van der Waals surface area contributed by atoms with Gasteiger partial charge < -0.3 is 5.32 Å². The van der Waals surface area contributed by atoms with Crippen molar-refractivity contribution in [1.29, 1.82) is 0 Å². The molecule has 38 heavy (non-hydrogen) atoms. The van der Waals surface area contributed by atoms with Crippen LogP contribution in [-0.4, -0.2) is 63.4 Å². The molecule has 2 unspecified atom stereocenters. The number of piperidine rings is 1. The van der Waals surface area contributed by atoms with Crippen molar-refractivity contribution in [3.63, 3.8) is 0 Å². The zero-order chi connectivity index (χ0) is 26.1. The third kappa shape index (κ3) is 4.14. The number of fused-ring (bicyclic) bond motifs is 2. The Morgan fingerprint density at radius 3 is 2.55 bits per heavy atom. The first-order valence-electron chi connectivity index (χ1n) is 13.9. The molecule has 4 aliphatic rings. The van der Waals surface area contributed by atoms with Crippen molar-refractivity contribution in [3.05, 3.63) is 34.3 Å². The zero-order valence-corrected chi connectivity index (χ0v) is 22.9. The van der Waals surface area contributed by atoms with Gasteiger partial charge in [-0.15, -0.1) is 0 Å². The van der Waals surface area contributed by atoms with Crippen LogP contribution >= 0.6 is 0 Å². The predicted octanol–water partition coefficient (Wildman–Crippen LogP) is 3.07. The lowest BCUT2D eigenvalue weighted by atomic mass is 10.1. The summed E-state index contributed by atoms with van der Waals surface area (Å²) in [5.74, 6) is 4.11. The molecule has 1 saturated heterocycles. The Morgan fingerprint density at radius 2 is 1.87 bits per heavy atom. The molecule has 3 saturated carbocycles. The second-order valence-corrected chi connectivity index (χ2v) is 13.2. The maximum absolute atomic E-state index is 13.8. The molecule has 10 nitrogen and oxygen atoms in total. The quantitative estimate of drug-likeness (QED) is 0.445. The smallest absolute Gasteiger partial charge is 0.295 e. The van der Waals surface area contributed by atoms with Crippen LogP contribution in [0.2, 0.25) is 0 Å². The molecule has 0 bridgehead atoms. The van der Waals surface area contributed by atoms with Crippen LogP contribution in [0.5, 0.6) is 0 Å². The van der Waals surface area contributed by atoms with E-state index in [1.807, 2.05) is 18.4 Å². The molecule has 0 spiro atoms. The molecule has 7 rings (SSSR count). The minimum atomic E-state index is -0.867. The van der Waals surface area contributed by atoms with E-state index in [2.05, 4.69) is 26.5 Å². The second-order valence-electron chi connectivity index (χ2n) is 11.4. The Morgan fingerprint density at radius 1 is 1.11 bits per heavy atom. The monoisotopic (exact) mass is 534 g/mol. The maximum atomic E-state index is 13.8. The normalized spacial score (nSPS) is 26.3. The van der Waals surface area contributed by atoms with Crippen LogP contribution in [0.4, 0.5) is 5.82 Å². The summed E-state index contributed by atoms with van der Waals surface area (Å²) in [6, 6.07) is 0.0326. The van der Waals surface area contributed by atoms with Crippen molar-refractivity contribution < 1.29 is 4.21 Å². The molecule has 3 aromatic rings. The molecule has 1 N–H and O–H groups in total. The second kappa shape index (κ2) is 9.15. The van der Waals surface area contributed by atoms with Crippen molar-refractivity contribution in [2.75, 3.05) is 30.7 Å². The molecule has 5 atom stereocenters. The highest BCUT2D eigenvalue weighted by Gasteiger charge is 2.56. The minimum Gasteiger partial charge on any atom is -0.365 e. The van der Waals surface area contributed by atoms with Gasteiger partial charge >= 0.3 is 0 Å². The van der Waals surface area contributed by atoms with Gasteiger partial charge in [-0.1, -0.05) is 6.92 Å². The number of nitrogens with one attached hydrogen (secondary N) is 1. The molecular formula is C27H34N8O2S. The molecule has 4 heterocycles. The van der Waals surface area contributed by atoms with Gasteiger partial charge in [-0.3, -0.25) is 9.36 Å². The summed E-state index contributed by atoms with van der Waals surface area (Å²) in [4.78, 5) is 37.2. The summed E-state index contributed by atoms with van der Waals surface area (Å²) >= 11 is 0. The Balaban J connectivity index is 1.21. The lowest BCUT2D eigenvalue weighted by molar-refractivity contribution is 0.446. The van der Waals surface area contributed by atoms with Crippen LogP contribution in [0.1, 0.15) is 62.9 Å². The molecular weight excluding hydrogens is 500 g/mol. The SMILES string of the molecule is CCS(=O)N1C[C@@H]2C(CNc3nc4cnc(-c5c(C)ncnc5C5CC5)nc4n([C@@H](C)C4CC4)c3=O)[C@@H]2C1. The topological polar surface area (TPSA) is 119 Å². The van der Waals surface area contributed by atoms with Gasteiger partial charge in [0.05, 0.1) is 34.1 Å². The number of anilines is 1. The fraction of sp³-hybridized carbons (Fsp3) is 0.630. The predicted molar refractivity (Wildman–Crippen MR) is 146 cm³/mol. The van der Waals surface area contributed by atoms with Gasteiger partial charge in [0, 0.05) is 37.3 Å². The molecule has 3 aromatic heterocycles. The van der Waals surface area contributed by atoms with Gasteiger partial charge in [-0.05, 0) is 63.2 Å². The van der Waals surface area contributed by atoms with Gasteiger partial charge in [-0.2, -0.15) is 0 Å². The van der Waals surface area contributed by atoms with E-state index in [9.17, 15) is 9.00 Å². The molecule has 3 aliphatic carbocycles. The lowest BCUT2D eigenvalue weighted by Gasteiger charge is -2.20. The first-order valence-corrected chi connectivity index (χ1v) is 15.2. The summed E-state index contributed by atoms with van der Waals surface area (Å²) in [5.41, 5.74) is 3.82. The van der Waals surface area contributed by atoms with Crippen molar-refractivity contribution in [2.24, 2.45) is 23.7 Å². The third-order valence-corrected chi connectivity index (χ3v) is 10.3. The van der Waals surface area contributed by atoms with E-state index < -0.39 is 11.0 Å². The largest absolute Gasteiger partial charge is 0.365 e. The standard InChI is InChI=1S/C27H34N8O2S/c1-4-38(37)34-11-19-18(20(19)12-34)9-28-25-27(36)35(15(3)16-5-6-16)26-21(32-25)10-29-24(33-26)22-14(2)30-13-31-23(22)17-7-8-17/h10,13,15-20H,4-9,11-12H2,1-3H3,(H,28,32)/t15-,18?,19-,20+,38?/m0/s1. The van der Waals surface area contributed by atoms with Gasteiger partial charge in [0.25, 0.3) is 5.56 Å². The van der Waals surface area contributed by atoms with Crippen LogP contribution < -0.4 is 10.9 Å². The van der Waals surface area contributed by atoms with Crippen molar-refractivity contribution in [2.45, 2.75) is 58.4 Å². The van der Waals surface area contributed by atoms with Crippen molar-refractivity contribution in [3.8, 4) is 11.4 Å². The average molecular weight is 535 g/mol. The van der Waals surface area contributed by atoms with Crippen LogP contribution in [0, 0.1) is 30.6 Å². The molecule has 0 amide bonds. The number of nitrogens with zero attached hydrogens (tertiary/aromatic N) is 7. The van der Waals surface area contributed by atoms with Crippen LogP contribution in [0.15, 0.2) is 17.3 Å². The van der Waals surface area contributed by atoms with Crippen LogP contribution in [-0.2, 0) is 11.0 Å². The molecule has 1 aliphatic heterocycles. The highest BCUT2D eigenvalue weighted by molar-refractivity contribution is 7.82. The Labute approximate surface area is 224 Å². The third-order valence-electron chi connectivity index (χ3n) is 8.98. The van der Waals surface area contributed by atoms with Gasteiger partial charge in [-0.25, -0.2) is 33.4 Å². The first-order chi connectivity index (χ1) is 18.4. The van der Waals surface area contributed by atoms with Gasteiger partial charge in [0.2, 0.25) is 0 Å². The van der Waals surface area contributed by atoms with E-state index >= 15 is 0 Å². The minimum absolute atomic E-state index is 0.0326. The van der Waals surface area contributed by atoms with Crippen LogP contribution in [0.3, 0.4) is 0 Å². The summed E-state index contributed by atoms with van der Waals surface area (Å²) in [6.45, 7) is 8.52. The summed E-state index contributed by atoms with van der Waals surface area (Å²) in [7, 11) is -0.867. The summed E-state index contributed by atoms with van der Waals surface area (Å²) in [5, 5.41) is 3.38. The molecule has 200 valence electrons. The van der Waals surface area contributed by atoms with E-state index in [0.717, 1.165) is 55.7 Å². The molecule has 4 fully saturated rings. The highest BCUT2D eigenvalue weighted by atomic mass is 32.2. The molecule has 0 radical (unpaired) electrons. The summed E-state index contributed by atoms with van der Waals surface area (Å²) in [6.07, 6.45) is 7.84. The Bertz CT molecular complexity index is 1490. The number of rotatable bonds is 9. The molecule has 0 aromatic carbocycles. The fourth-order valence-corrected chi connectivity index (χ4v) is 7.36. The van der Waals surface area contributed by atoms with E-state index in [-0.39, 0.29) is 11.6 Å². The van der Waals surface area contributed by atoms with E-state index in [1.54, 1.807) is 12.5 Å². The Kier molecular flexibility index (Phi) is 5.84. The van der Waals surface area contributed by atoms with Gasteiger partial charge in [0.15, 0.2) is 17.3 Å². The van der Waals surface area contributed by atoms with E-state index in [0.29, 0.717) is 64.7 Å². The number of aromatic nitrogens is 6. The molecule has 11 heteroatoms. The van der Waals surface area contributed by atoms with E-state index in [1.165, 1.54) is 0 Å². The number of aryl methyl sites for hydroxylation is 1. The Hall–Kier alpha value is -2.79. The number of hydrogen-bond acceptors (Lipinski definition) is 8. The van der Waals surface area contributed by atoms with Gasteiger partial charge in [0.1, 0.15) is 11.8 Å². The van der Waals surface area contributed by atoms with E-state index in [4.69, 9.17) is 15.0 Å². The fourth-order valence-electron chi connectivity index (χ4n) is 6.32. The highest BCUT2D eigenvalue weighted by Crippen LogP contribution is 2.52. The van der Waals surface area contributed by atoms with Crippen molar-refractivity contribution in [1.82, 2.24) is 33.8 Å². The van der Waals surface area contributed by atoms with Crippen molar-refractivity contribution >= 4 is 28.0 Å². The zero-order valence-electron chi connectivity index (χ0n) is 22.1. The maximum Gasteiger partial charge on any atom is 0.295 e.